The molecular weight excluding hydrogens is 348 g/mol. The van der Waals surface area contributed by atoms with Gasteiger partial charge in [0.2, 0.25) is 0 Å². The largest absolute Gasteiger partial charge is 0.416 e. The van der Waals surface area contributed by atoms with E-state index in [4.69, 9.17) is 0 Å². The molecule has 26 heavy (non-hydrogen) atoms. The van der Waals surface area contributed by atoms with E-state index < -0.39 is 17.6 Å². The molecule has 1 aromatic carbocycles. The number of hydrogen-bond acceptors (Lipinski definition) is 2. The molecule has 0 atom stereocenters. The average Bonchev–Trinajstić information content (AvgIpc) is 3.10. The van der Waals surface area contributed by atoms with E-state index in [9.17, 15) is 17.6 Å². The molecule has 0 saturated carbocycles. The number of aliphatic imine (C=N–C) groups is 1. The minimum atomic E-state index is -4.59. The van der Waals surface area contributed by atoms with Gasteiger partial charge in [-0.1, -0.05) is 6.07 Å². The van der Waals surface area contributed by atoms with Gasteiger partial charge in [0.25, 0.3) is 0 Å². The maximum absolute atomic E-state index is 13.1. The molecule has 2 N–H and O–H groups in total. The number of nitrogens with one attached hydrogen (secondary N) is 2. The Morgan fingerprint density at radius 2 is 1.88 bits per heavy atom. The molecule has 0 amide bonds. The van der Waals surface area contributed by atoms with Crippen LogP contribution in [0.3, 0.4) is 0 Å². The topological polar surface area (TPSA) is 39.7 Å². The molecule has 0 aromatic heterocycles. The van der Waals surface area contributed by atoms with E-state index in [1.807, 2.05) is 0 Å². The van der Waals surface area contributed by atoms with Crippen molar-refractivity contribution in [3.63, 3.8) is 0 Å². The fraction of sp³-hybridized carbons (Fsp3) is 0.611. The van der Waals surface area contributed by atoms with Crippen molar-refractivity contribution in [1.82, 2.24) is 15.5 Å². The highest BCUT2D eigenvalue weighted by Crippen LogP contribution is 2.32. The molecule has 2 rings (SSSR count). The van der Waals surface area contributed by atoms with E-state index in [1.165, 1.54) is 25.9 Å². The monoisotopic (exact) mass is 374 g/mol. The number of halogens is 4. The number of unbranched alkanes of at least 4 members (excludes halogenated alkanes) is 1. The number of hydrogen-bond donors (Lipinski definition) is 2. The van der Waals surface area contributed by atoms with Gasteiger partial charge < -0.3 is 15.5 Å². The van der Waals surface area contributed by atoms with Crippen LogP contribution in [0.15, 0.2) is 23.2 Å². The van der Waals surface area contributed by atoms with E-state index in [0.717, 1.165) is 31.5 Å². The Morgan fingerprint density at radius 1 is 1.15 bits per heavy atom. The van der Waals surface area contributed by atoms with Crippen LogP contribution in [-0.2, 0) is 12.7 Å². The van der Waals surface area contributed by atoms with Gasteiger partial charge in [-0.3, -0.25) is 4.99 Å². The van der Waals surface area contributed by atoms with Gasteiger partial charge in [-0.25, -0.2) is 4.39 Å². The first-order valence-corrected chi connectivity index (χ1v) is 8.92. The van der Waals surface area contributed by atoms with Gasteiger partial charge in [0.15, 0.2) is 5.96 Å². The molecule has 1 heterocycles. The molecule has 0 aliphatic carbocycles. The van der Waals surface area contributed by atoms with E-state index in [2.05, 4.69) is 20.5 Å². The Bertz CT molecular complexity index is 595. The van der Waals surface area contributed by atoms with Crippen molar-refractivity contribution in [2.45, 2.75) is 38.4 Å². The van der Waals surface area contributed by atoms with Crippen molar-refractivity contribution in [2.24, 2.45) is 4.99 Å². The minimum absolute atomic E-state index is 0.0177. The van der Waals surface area contributed by atoms with Crippen LogP contribution in [0.1, 0.15) is 36.8 Å². The predicted molar refractivity (Wildman–Crippen MR) is 94.5 cm³/mol. The van der Waals surface area contributed by atoms with Gasteiger partial charge in [-0.2, -0.15) is 13.2 Å². The van der Waals surface area contributed by atoms with Crippen molar-refractivity contribution in [1.29, 1.82) is 0 Å². The van der Waals surface area contributed by atoms with Crippen LogP contribution in [0.2, 0.25) is 0 Å². The Labute approximate surface area is 151 Å². The van der Waals surface area contributed by atoms with Gasteiger partial charge >= 0.3 is 6.18 Å². The van der Waals surface area contributed by atoms with Crippen LogP contribution in [0.5, 0.6) is 0 Å². The summed E-state index contributed by atoms with van der Waals surface area (Å²) in [5.41, 5.74) is -0.984. The number of benzene rings is 1. The van der Waals surface area contributed by atoms with Gasteiger partial charge in [0.1, 0.15) is 5.82 Å². The fourth-order valence-electron chi connectivity index (χ4n) is 3.04. The third-order valence-electron chi connectivity index (χ3n) is 4.44. The summed E-state index contributed by atoms with van der Waals surface area (Å²) in [6.45, 7) is 4.05. The fourth-order valence-corrected chi connectivity index (χ4v) is 3.04. The summed E-state index contributed by atoms with van der Waals surface area (Å²) in [5, 5.41) is 5.96. The number of likely N-dealkylation sites (tertiary alicyclic amines) is 1. The van der Waals surface area contributed by atoms with Crippen LogP contribution in [0.4, 0.5) is 17.6 Å². The second kappa shape index (κ2) is 9.75. The normalized spacial score (nSPS) is 16.1. The standard InChI is InChI=1S/C18H26F4N4/c1-23-17(24-8-2-3-9-26-10-4-5-11-26)25-13-14-6-7-15(19)12-16(14)18(20,21)22/h6-7,12H,2-5,8-11,13H2,1H3,(H2,23,24,25). The highest BCUT2D eigenvalue weighted by Gasteiger charge is 2.33. The van der Waals surface area contributed by atoms with E-state index in [1.54, 1.807) is 7.05 Å². The van der Waals surface area contributed by atoms with Gasteiger partial charge in [0, 0.05) is 20.1 Å². The lowest BCUT2D eigenvalue weighted by atomic mass is 10.1. The summed E-state index contributed by atoms with van der Waals surface area (Å²) in [4.78, 5) is 6.46. The van der Waals surface area contributed by atoms with E-state index >= 15 is 0 Å². The number of guanidine groups is 1. The maximum Gasteiger partial charge on any atom is 0.416 e. The Hall–Kier alpha value is -1.83. The minimum Gasteiger partial charge on any atom is -0.356 e. The lowest BCUT2D eigenvalue weighted by Gasteiger charge is -2.16. The Morgan fingerprint density at radius 3 is 2.54 bits per heavy atom. The molecular formula is C18H26F4N4. The van der Waals surface area contributed by atoms with Crippen molar-refractivity contribution >= 4 is 5.96 Å². The summed E-state index contributed by atoms with van der Waals surface area (Å²) in [7, 11) is 1.56. The molecule has 146 valence electrons. The summed E-state index contributed by atoms with van der Waals surface area (Å²) in [6, 6.07) is 2.70. The third-order valence-corrected chi connectivity index (χ3v) is 4.44. The van der Waals surface area contributed by atoms with Crippen LogP contribution in [0, 0.1) is 5.82 Å². The molecule has 0 unspecified atom stereocenters. The summed E-state index contributed by atoms with van der Waals surface area (Å²) >= 11 is 0. The molecule has 0 spiro atoms. The van der Waals surface area contributed by atoms with Crippen molar-refractivity contribution in [3.05, 3.63) is 35.1 Å². The summed E-state index contributed by atoms with van der Waals surface area (Å²) in [5.74, 6) is -0.467. The van der Waals surface area contributed by atoms with Crippen LogP contribution < -0.4 is 10.6 Å². The molecule has 4 nitrogen and oxygen atoms in total. The molecule has 8 heteroatoms. The quantitative estimate of drug-likeness (QED) is 0.333. The van der Waals surface area contributed by atoms with Crippen molar-refractivity contribution in [3.8, 4) is 0 Å². The second-order valence-corrected chi connectivity index (χ2v) is 6.41. The zero-order valence-electron chi connectivity index (χ0n) is 15.0. The predicted octanol–water partition coefficient (Wildman–Crippen LogP) is 3.39. The summed E-state index contributed by atoms with van der Waals surface area (Å²) < 4.78 is 52.2. The average molecular weight is 374 g/mol. The second-order valence-electron chi connectivity index (χ2n) is 6.41. The Balaban J connectivity index is 1.76. The molecule has 1 saturated heterocycles. The van der Waals surface area contributed by atoms with E-state index in [0.29, 0.717) is 18.6 Å². The maximum atomic E-state index is 13.1. The summed E-state index contributed by atoms with van der Waals surface area (Å²) in [6.07, 6.45) is -0.0103. The van der Waals surface area contributed by atoms with Crippen LogP contribution in [0.25, 0.3) is 0 Å². The number of nitrogens with zero attached hydrogens (tertiary/aromatic N) is 2. The third kappa shape index (κ3) is 6.48. The van der Waals surface area contributed by atoms with Crippen molar-refractivity contribution < 1.29 is 17.6 Å². The first-order valence-electron chi connectivity index (χ1n) is 8.92. The highest BCUT2D eigenvalue weighted by atomic mass is 19.4. The zero-order valence-corrected chi connectivity index (χ0v) is 15.0. The van der Waals surface area contributed by atoms with Gasteiger partial charge in [-0.05, 0) is 63.0 Å². The molecule has 1 aliphatic rings. The molecule has 0 radical (unpaired) electrons. The first kappa shape index (κ1) is 20.5. The molecule has 1 aliphatic heterocycles. The first-order chi connectivity index (χ1) is 12.4. The lowest BCUT2D eigenvalue weighted by molar-refractivity contribution is -0.138. The zero-order chi connectivity index (χ0) is 19.0. The lowest BCUT2D eigenvalue weighted by Crippen LogP contribution is -2.37. The smallest absolute Gasteiger partial charge is 0.356 e. The Kier molecular flexibility index (Phi) is 7.68. The number of rotatable bonds is 7. The molecule has 1 aromatic rings. The van der Waals surface area contributed by atoms with E-state index in [-0.39, 0.29) is 12.1 Å². The molecule has 0 bridgehead atoms. The highest BCUT2D eigenvalue weighted by molar-refractivity contribution is 5.79. The molecule has 1 fully saturated rings. The SMILES string of the molecule is CN=C(NCCCCN1CCCC1)NCc1ccc(F)cc1C(F)(F)F. The van der Waals surface area contributed by atoms with Crippen LogP contribution >= 0.6 is 0 Å². The van der Waals surface area contributed by atoms with Gasteiger partial charge in [0.05, 0.1) is 5.56 Å². The number of alkyl halides is 3. The van der Waals surface area contributed by atoms with Crippen molar-refractivity contribution in [2.75, 3.05) is 33.2 Å². The van der Waals surface area contributed by atoms with Gasteiger partial charge in [-0.15, -0.1) is 0 Å². The van der Waals surface area contributed by atoms with Crippen LogP contribution in [-0.4, -0.2) is 44.1 Å².